The van der Waals surface area contributed by atoms with Crippen LogP contribution < -0.4 is 0 Å². The Hall–Kier alpha value is -1.63. The van der Waals surface area contributed by atoms with Crippen molar-refractivity contribution in [2.45, 2.75) is 13.8 Å². The van der Waals surface area contributed by atoms with E-state index in [1.165, 1.54) is 16.7 Å². The number of hydrogen-bond acceptors (Lipinski definition) is 1. The summed E-state index contributed by atoms with van der Waals surface area (Å²) in [7, 11) is 0. The molecular weight excluding hydrogens is 170 g/mol. The fourth-order valence-electron chi connectivity index (χ4n) is 1.22. The molecule has 1 aliphatic rings. The molecule has 0 saturated heterocycles. The lowest BCUT2D eigenvalue weighted by atomic mass is 10.0. The van der Waals surface area contributed by atoms with Gasteiger partial charge in [0.2, 0.25) is 0 Å². The molecule has 1 aliphatic carbocycles. The summed E-state index contributed by atoms with van der Waals surface area (Å²) in [4.78, 5) is 3.71. The zero-order chi connectivity index (χ0) is 10.4. The molecule has 72 valence electrons. The van der Waals surface area contributed by atoms with Gasteiger partial charge in [-0.3, -0.25) is 4.99 Å². The molecule has 0 aromatic rings. The maximum absolute atomic E-state index is 3.71. The van der Waals surface area contributed by atoms with Crippen LogP contribution in [0.5, 0.6) is 0 Å². The number of rotatable bonds is 2. The van der Waals surface area contributed by atoms with Crippen molar-refractivity contribution in [2.24, 2.45) is 4.99 Å². The van der Waals surface area contributed by atoms with Gasteiger partial charge in [-0.15, -0.1) is 0 Å². The van der Waals surface area contributed by atoms with Crippen LogP contribution in [0.2, 0.25) is 0 Å². The molecule has 0 saturated carbocycles. The van der Waals surface area contributed by atoms with Crippen molar-refractivity contribution in [1.82, 2.24) is 0 Å². The highest BCUT2D eigenvalue weighted by atomic mass is 14.6. The monoisotopic (exact) mass is 185 g/mol. The molecule has 0 atom stereocenters. The molecule has 0 bridgehead atoms. The van der Waals surface area contributed by atoms with Gasteiger partial charge in [0.15, 0.2) is 0 Å². The van der Waals surface area contributed by atoms with Crippen LogP contribution in [0, 0.1) is 0 Å². The highest BCUT2D eigenvalue weighted by Gasteiger charge is 1.95. The Bertz CT molecular complexity index is 363. The third-order valence-electron chi connectivity index (χ3n) is 2.01. The van der Waals surface area contributed by atoms with Crippen LogP contribution in [0.15, 0.2) is 64.4 Å². The highest BCUT2D eigenvalue weighted by Crippen LogP contribution is 2.14. The number of nitrogens with zero attached hydrogens (tertiary/aromatic N) is 1. The molecule has 0 aromatic carbocycles. The first-order chi connectivity index (χ1) is 6.74. The van der Waals surface area contributed by atoms with Crippen molar-refractivity contribution < 1.29 is 0 Å². The van der Waals surface area contributed by atoms with Crippen molar-refractivity contribution in [3.8, 4) is 0 Å². The Morgan fingerprint density at radius 3 is 2.64 bits per heavy atom. The molecule has 0 amide bonds. The second-order valence-corrected chi connectivity index (χ2v) is 3.24. The minimum absolute atomic E-state index is 1.18. The summed E-state index contributed by atoms with van der Waals surface area (Å²) in [6, 6.07) is 0. The van der Waals surface area contributed by atoms with Crippen molar-refractivity contribution in [3.05, 3.63) is 59.4 Å². The molecule has 0 radical (unpaired) electrons. The molecule has 1 nitrogen and oxygen atoms in total. The van der Waals surface area contributed by atoms with E-state index >= 15 is 0 Å². The van der Waals surface area contributed by atoms with Crippen molar-refractivity contribution in [1.29, 1.82) is 0 Å². The van der Waals surface area contributed by atoms with E-state index in [1.54, 1.807) is 6.20 Å². The average molecular weight is 185 g/mol. The lowest BCUT2D eigenvalue weighted by molar-refractivity contribution is 1.39. The molecule has 0 spiro atoms. The maximum atomic E-state index is 3.71. The van der Waals surface area contributed by atoms with Gasteiger partial charge in [0, 0.05) is 6.20 Å². The normalized spacial score (nSPS) is 25.1. The smallest absolute Gasteiger partial charge is 0.0266 e. The zero-order valence-electron chi connectivity index (χ0n) is 8.70. The summed E-state index contributed by atoms with van der Waals surface area (Å²) in [5.41, 5.74) is 3.64. The van der Waals surface area contributed by atoms with Gasteiger partial charge in [0.05, 0.1) is 0 Å². The Morgan fingerprint density at radius 2 is 1.93 bits per heavy atom. The number of aliphatic imine (C=N–C) groups is 1. The molecule has 0 heterocycles. The molecule has 0 aromatic heterocycles. The first kappa shape index (κ1) is 10.5. The van der Waals surface area contributed by atoms with Crippen molar-refractivity contribution >= 4 is 6.72 Å². The van der Waals surface area contributed by atoms with Crippen LogP contribution in [-0.2, 0) is 0 Å². The molecule has 0 aliphatic heterocycles. The second-order valence-electron chi connectivity index (χ2n) is 3.24. The van der Waals surface area contributed by atoms with Gasteiger partial charge in [0.25, 0.3) is 0 Å². The van der Waals surface area contributed by atoms with E-state index in [1.807, 2.05) is 18.2 Å². The van der Waals surface area contributed by atoms with Crippen LogP contribution in [0.25, 0.3) is 0 Å². The summed E-state index contributed by atoms with van der Waals surface area (Å²) < 4.78 is 0. The molecule has 14 heavy (non-hydrogen) atoms. The second kappa shape index (κ2) is 5.18. The van der Waals surface area contributed by atoms with Gasteiger partial charge < -0.3 is 0 Å². The van der Waals surface area contributed by atoms with Crippen LogP contribution in [0.4, 0.5) is 0 Å². The largest absolute Gasteiger partial charge is 0.272 e. The summed E-state index contributed by atoms with van der Waals surface area (Å²) in [5.74, 6) is 0. The summed E-state index contributed by atoms with van der Waals surface area (Å²) in [6.07, 6.45) is 14.1. The highest BCUT2D eigenvalue weighted by molar-refractivity contribution is 5.45. The van der Waals surface area contributed by atoms with Crippen LogP contribution in [0.3, 0.4) is 0 Å². The Balaban J connectivity index is 3.07. The van der Waals surface area contributed by atoms with Gasteiger partial charge in [-0.05, 0) is 37.8 Å². The van der Waals surface area contributed by atoms with E-state index < -0.39 is 0 Å². The van der Waals surface area contributed by atoms with E-state index in [2.05, 4.69) is 43.8 Å². The number of hydrogen-bond donors (Lipinski definition) is 0. The predicted molar refractivity (Wildman–Crippen MR) is 63.4 cm³/mol. The Kier molecular flexibility index (Phi) is 3.86. The Morgan fingerprint density at radius 1 is 1.21 bits per heavy atom. The molecular formula is C13H15N. The first-order valence-electron chi connectivity index (χ1n) is 4.60. The molecule has 0 N–H and O–H groups in total. The van der Waals surface area contributed by atoms with Crippen molar-refractivity contribution in [3.63, 3.8) is 0 Å². The zero-order valence-corrected chi connectivity index (χ0v) is 8.70. The van der Waals surface area contributed by atoms with Crippen LogP contribution >= 0.6 is 0 Å². The third-order valence-corrected chi connectivity index (χ3v) is 2.01. The summed E-state index contributed by atoms with van der Waals surface area (Å²) in [5, 5.41) is 0. The minimum atomic E-state index is 1.18. The van der Waals surface area contributed by atoms with Gasteiger partial charge >= 0.3 is 0 Å². The van der Waals surface area contributed by atoms with Gasteiger partial charge in [-0.25, -0.2) is 0 Å². The number of allylic oxidation sites excluding steroid dienone is 9. The molecule has 0 fully saturated rings. The lowest BCUT2D eigenvalue weighted by Crippen LogP contribution is -1.83. The van der Waals surface area contributed by atoms with E-state index in [0.717, 1.165) is 0 Å². The maximum Gasteiger partial charge on any atom is 0.0266 e. The fourth-order valence-corrected chi connectivity index (χ4v) is 1.22. The van der Waals surface area contributed by atoms with E-state index in [4.69, 9.17) is 0 Å². The molecule has 1 heteroatoms. The summed E-state index contributed by atoms with van der Waals surface area (Å²) >= 11 is 0. The third kappa shape index (κ3) is 3.02. The molecule has 1 rings (SSSR count). The van der Waals surface area contributed by atoms with Crippen LogP contribution in [-0.4, -0.2) is 6.72 Å². The molecule has 0 unspecified atom stereocenters. The van der Waals surface area contributed by atoms with Gasteiger partial charge in [-0.1, -0.05) is 36.0 Å². The standard InChI is InChI=1S/C13H15N/c1-11-6-4-5-7-12(2)13(10-11)8-9-14-3/h4-10H,3H2,1-2H3/b5-4?,6-4-,7-5-,9-8-,11-6?,11-10+,12-7?,13-10?,13-12?. The van der Waals surface area contributed by atoms with E-state index in [0.29, 0.717) is 0 Å². The van der Waals surface area contributed by atoms with Crippen LogP contribution in [0.1, 0.15) is 13.8 Å². The summed E-state index contributed by atoms with van der Waals surface area (Å²) in [6.45, 7) is 7.59. The predicted octanol–water partition coefficient (Wildman–Crippen LogP) is 3.59. The average Bonchev–Trinajstić information content (AvgIpc) is 2.16. The van der Waals surface area contributed by atoms with Gasteiger partial charge in [0.1, 0.15) is 0 Å². The lowest BCUT2D eigenvalue weighted by Gasteiger charge is -2.02. The van der Waals surface area contributed by atoms with Crippen molar-refractivity contribution in [2.75, 3.05) is 0 Å². The van der Waals surface area contributed by atoms with E-state index in [9.17, 15) is 0 Å². The topological polar surface area (TPSA) is 12.4 Å². The Labute approximate surface area is 85.6 Å². The minimum Gasteiger partial charge on any atom is -0.272 e. The first-order valence-corrected chi connectivity index (χ1v) is 4.60. The fraction of sp³-hybridized carbons (Fsp3) is 0.154. The SMILES string of the molecule is C=N/C=C\C1=C(C)\C=C/C=C\C(C)=C\1. The van der Waals surface area contributed by atoms with E-state index in [-0.39, 0.29) is 0 Å². The van der Waals surface area contributed by atoms with Gasteiger partial charge in [-0.2, -0.15) is 0 Å². The quantitative estimate of drug-likeness (QED) is 0.583.